The standard InChI is InChI=1S/C9H16O/c1-10-8-4-2-3-5-9-6-7-9/h3,5,9H,2,4,6-8H2,1H3/b5-3-. The fourth-order valence-corrected chi connectivity index (χ4v) is 0.923. The molecule has 0 radical (unpaired) electrons. The van der Waals surface area contributed by atoms with Crippen molar-refractivity contribution in [1.29, 1.82) is 0 Å². The molecule has 1 saturated carbocycles. The third kappa shape index (κ3) is 3.67. The summed E-state index contributed by atoms with van der Waals surface area (Å²) in [6.07, 6.45) is 9.82. The molecule has 1 rings (SSSR count). The van der Waals surface area contributed by atoms with Gasteiger partial charge in [-0.15, -0.1) is 0 Å². The Hall–Kier alpha value is -0.300. The molecule has 1 aliphatic rings. The molecule has 58 valence electrons. The van der Waals surface area contributed by atoms with Gasteiger partial charge in [-0.1, -0.05) is 12.2 Å². The van der Waals surface area contributed by atoms with Crippen LogP contribution in [-0.4, -0.2) is 13.7 Å². The fourth-order valence-electron chi connectivity index (χ4n) is 0.923. The normalized spacial score (nSPS) is 18.5. The maximum absolute atomic E-state index is 4.93. The number of methoxy groups -OCH3 is 1. The monoisotopic (exact) mass is 140 g/mol. The van der Waals surface area contributed by atoms with Crippen LogP contribution in [0.25, 0.3) is 0 Å². The van der Waals surface area contributed by atoms with Crippen LogP contribution in [0, 0.1) is 5.92 Å². The van der Waals surface area contributed by atoms with Crippen LogP contribution >= 0.6 is 0 Å². The molecule has 10 heavy (non-hydrogen) atoms. The first-order valence-corrected chi connectivity index (χ1v) is 4.09. The molecule has 0 atom stereocenters. The lowest BCUT2D eigenvalue weighted by Gasteiger charge is -1.92. The summed E-state index contributed by atoms with van der Waals surface area (Å²) < 4.78 is 4.93. The third-order valence-electron chi connectivity index (χ3n) is 1.75. The smallest absolute Gasteiger partial charge is 0.0465 e. The van der Waals surface area contributed by atoms with Gasteiger partial charge in [0.1, 0.15) is 0 Å². The van der Waals surface area contributed by atoms with E-state index >= 15 is 0 Å². The van der Waals surface area contributed by atoms with Gasteiger partial charge >= 0.3 is 0 Å². The van der Waals surface area contributed by atoms with Crippen LogP contribution in [-0.2, 0) is 4.74 Å². The minimum Gasteiger partial charge on any atom is -0.385 e. The van der Waals surface area contributed by atoms with Gasteiger partial charge in [0.2, 0.25) is 0 Å². The summed E-state index contributed by atoms with van der Waals surface area (Å²) in [5.74, 6) is 0.933. The second kappa shape index (κ2) is 4.51. The fraction of sp³-hybridized carbons (Fsp3) is 0.778. The first-order valence-electron chi connectivity index (χ1n) is 4.09. The lowest BCUT2D eigenvalue weighted by Crippen LogP contribution is -1.85. The van der Waals surface area contributed by atoms with E-state index in [9.17, 15) is 0 Å². The molecule has 0 heterocycles. The highest BCUT2D eigenvalue weighted by atomic mass is 16.5. The summed E-state index contributed by atoms with van der Waals surface area (Å²) in [5.41, 5.74) is 0. The molecule has 0 amide bonds. The molecule has 0 aromatic heterocycles. The lowest BCUT2D eigenvalue weighted by molar-refractivity contribution is 0.196. The van der Waals surface area contributed by atoms with E-state index in [1.54, 1.807) is 7.11 Å². The van der Waals surface area contributed by atoms with Crippen LogP contribution in [0.2, 0.25) is 0 Å². The van der Waals surface area contributed by atoms with Crippen molar-refractivity contribution in [1.82, 2.24) is 0 Å². The zero-order chi connectivity index (χ0) is 7.23. The SMILES string of the molecule is COCCC/C=C\C1CC1. The van der Waals surface area contributed by atoms with E-state index in [0.717, 1.165) is 12.5 Å². The first-order chi connectivity index (χ1) is 4.93. The zero-order valence-electron chi connectivity index (χ0n) is 6.68. The van der Waals surface area contributed by atoms with E-state index in [0.29, 0.717) is 0 Å². The van der Waals surface area contributed by atoms with Crippen molar-refractivity contribution in [3.8, 4) is 0 Å². The molecule has 0 spiro atoms. The van der Waals surface area contributed by atoms with Gasteiger partial charge in [-0.2, -0.15) is 0 Å². The van der Waals surface area contributed by atoms with Gasteiger partial charge in [-0.3, -0.25) is 0 Å². The molecular weight excluding hydrogens is 124 g/mol. The highest BCUT2D eigenvalue weighted by molar-refractivity contribution is 4.95. The van der Waals surface area contributed by atoms with E-state index in [2.05, 4.69) is 12.2 Å². The van der Waals surface area contributed by atoms with Crippen molar-refractivity contribution < 1.29 is 4.74 Å². The van der Waals surface area contributed by atoms with Crippen LogP contribution in [0.15, 0.2) is 12.2 Å². The van der Waals surface area contributed by atoms with Crippen LogP contribution < -0.4 is 0 Å². The highest BCUT2D eigenvalue weighted by Gasteiger charge is 2.16. The van der Waals surface area contributed by atoms with Gasteiger partial charge in [0, 0.05) is 13.7 Å². The molecule has 0 aliphatic heterocycles. The van der Waals surface area contributed by atoms with Crippen LogP contribution in [0.3, 0.4) is 0 Å². The number of allylic oxidation sites excluding steroid dienone is 2. The average Bonchev–Trinajstić information content (AvgIpc) is 2.71. The summed E-state index contributed by atoms with van der Waals surface area (Å²) in [4.78, 5) is 0. The molecule has 0 aromatic rings. The Bertz CT molecular complexity index is 103. The van der Waals surface area contributed by atoms with Gasteiger partial charge < -0.3 is 4.74 Å². The number of hydrogen-bond acceptors (Lipinski definition) is 1. The molecule has 0 bridgehead atoms. The Kier molecular flexibility index (Phi) is 3.52. The molecule has 1 fully saturated rings. The summed E-state index contributed by atoms with van der Waals surface area (Å²) in [6, 6.07) is 0. The average molecular weight is 140 g/mol. The number of unbranched alkanes of at least 4 members (excludes halogenated alkanes) is 1. The number of ether oxygens (including phenoxy) is 1. The zero-order valence-corrected chi connectivity index (χ0v) is 6.68. The molecule has 1 nitrogen and oxygen atoms in total. The van der Waals surface area contributed by atoms with Crippen LogP contribution in [0.5, 0.6) is 0 Å². The van der Waals surface area contributed by atoms with Crippen molar-refractivity contribution >= 4 is 0 Å². The maximum atomic E-state index is 4.93. The van der Waals surface area contributed by atoms with Crippen molar-refractivity contribution in [2.75, 3.05) is 13.7 Å². The summed E-state index contributed by atoms with van der Waals surface area (Å²) in [5, 5.41) is 0. The van der Waals surface area contributed by atoms with Gasteiger partial charge in [-0.05, 0) is 31.6 Å². The van der Waals surface area contributed by atoms with Gasteiger partial charge in [0.05, 0.1) is 0 Å². The van der Waals surface area contributed by atoms with Gasteiger partial charge in [0.25, 0.3) is 0 Å². The van der Waals surface area contributed by atoms with E-state index < -0.39 is 0 Å². The van der Waals surface area contributed by atoms with Crippen molar-refractivity contribution in [2.24, 2.45) is 5.92 Å². The summed E-state index contributed by atoms with van der Waals surface area (Å²) in [7, 11) is 1.75. The van der Waals surface area contributed by atoms with E-state index in [4.69, 9.17) is 4.74 Å². The molecule has 1 heteroatoms. The second-order valence-corrected chi connectivity index (χ2v) is 2.90. The van der Waals surface area contributed by atoms with Crippen molar-refractivity contribution in [2.45, 2.75) is 25.7 Å². The Morgan fingerprint density at radius 1 is 1.50 bits per heavy atom. The van der Waals surface area contributed by atoms with Crippen LogP contribution in [0.1, 0.15) is 25.7 Å². The maximum Gasteiger partial charge on any atom is 0.0465 e. The first kappa shape index (κ1) is 7.80. The van der Waals surface area contributed by atoms with Crippen LogP contribution in [0.4, 0.5) is 0 Å². The predicted molar refractivity (Wildman–Crippen MR) is 43.0 cm³/mol. The van der Waals surface area contributed by atoms with E-state index in [1.165, 1.54) is 25.7 Å². The van der Waals surface area contributed by atoms with Gasteiger partial charge in [0.15, 0.2) is 0 Å². The minimum absolute atomic E-state index is 0.898. The molecule has 0 N–H and O–H groups in total. The highest BCUT2D eigenvalue weighted by Crippen LogP contribution is 2.30. The predicted octanol–water partition coefficient (Wildman–Crippen LogP) is 2.38. The third-order valence-corrected chi connectivity index (χ3v) is 1.75. The molecule has 0 aromatic carbocycles. The van der Waals surface area contributed by atoms with E-state index in [-0.39, 0.29) is 0 Å². The lowest BCUT2D eigenvalue weighted by atomic mass is 10.2. The second-order valence-electron chi connectivity index (χ2n) is 2.90. The Balaban J connectivity index is 1.83. The van der Waals surface area contributed by atoms with Gasteiger partial charge in [-0.25, -0.2) is 0 Å². The summed E-state index contributed by atoms with van der Waals surface area (Å²) >= 11 is 0. The van der Waals surface area contributed by atoms with E-state index in [1.807, 2.05) is 0 Å². The Morgan fingerprint density at radius 2 is 2.30 bits per heavy atom. The molecule has 0 unspecified atom stereocenters. The van der Waals surface area contributed by atoms with Crippen molar-refractivity contribution in [3.63, 3.8) is 0 Å². The Labute approximate surface area is 63.1 Å². The summed E-state index contributed by atoms with van der Waals surface area (Å²) in [6.45, 7) is 0.898. The molecule has 1 aliphatic carbocycles. The quantitative estimate of drug-likeness (QED) is 0.421. The number of hydrogen-bond donors (Lipinski definition) is 0. The molecular formula is C9H16O. The Morgan fingerprint density at radius 3 is 2.90 bits per heavy atom. The minimum atomic E-state index is 0.898. The number of rotatable bonds is 5. The topological polar surface area (TPSA) is 9.23 Å². The van der Waals surface area contributed by atoms with Crippen molar-refractivity contribution in [3.05, 3.63) is 12.2 Å². The largest absolute Gasteiger partial charge is 0.385 e. The molecule has 0 saturated heterocycles.